The number of thioether (sulfide) groups is 1. The molecule has 158 valence electrons. The molecule has 7 nitrogen and oxygen atoms in total. The number of para-hydroxylation sites is 1. The van der Waals surface area contributed by atoms with E-state index in [2.05, 4.69) is 49.1 Å². The van der Waals surface area contributed by atoms with E-state index in [0.717, 1.165) is 32.8 Å². The molecule has 0 aliphatic carbocycles. The van der Waals surface area contributed by atoms with Crippen molar-refractivity contribution in [2.24, 2.45) is 0 Å². The normalized spacial score (nSPS) is 11.1. The predicted octanol–water partition coefficient (Wildman–Crippen LogP) is 4.52. The van der Waals surface area contributed by atoms with E-state index < -0.39 is 0 Å². The summed E-state index contributed by atoms with van der Waals surface area (Å²) in [5.74, 6) is 1.18. The summed E-state index contributed by atoms with van der Waals surface area (Å²) in [7, 11) is 0. The van der Waals surface area contributed by atoms with Gasteiger partial charge in [0.25, 0.3) is 5.91 Å². The van der Waals surface area contributed by atoms with Crippen LogP contribution in [0.2, 0.25) is 0 Å². The zero-order chi connectivity index (χ0) is 21.8. The number of aromatic nitrogens is 5. The topological polar surface area (TPSA) is 85.6 Å². The molecule has 3 heterocycles. The lowest BCUT2D eigenvalue weighted by Gasteiger charge is -2.12. The molecule has 0 spiro atoms. The van der Waals surface area contributed by atoms with E-state index in [1.54, 1.807) is 29.5 Å². The Morgan fingerprint density at radius 2 is 2.03 bits per heavy atom. The van der Waals surface area contributed by atoms with Crippen LogP contribution in [-0.2, 0) is 5.75 Å². The Hall–Kier alpha value is -3.04. The average Bonchev–Trinajstić information content (AvgIpc) is 3.40. The van der Waals surface area contributed by atoms with Gasteiger partial charge < -0.3 is 5.32 Å². The third-order valence-corrected chi connectivity index (χ3v) is 6.41. The van der Waals surface area contributed by atoms with Crippen LogP contribution in [0, 0.1) is 6.92 Å². The molecule has 1 amide bonds. The van der Waals surface area contributed by atoms with Gasteiger partial charge in [0.05, 0.1) is 11.4 Å². The number of nitrogens with zero attached hydrogens (tertiary/aromatic N) is 5. The molecule has 3 aromatic heterocycles. The molecule has 31 heavy (non-hydrogen) atoms. The number of carbonyl (C=O) groups excluding carboxylic acids is 1. The van der Waals surface area contributed by atoms with Crippen molar-refractivity contribution in [1.82, 2.24) is 30.0 Å². The molecule has 0 fully saturated rings. The van der Waals surface area contributed by atoms with Gasteiger partial charge in [-0.25, -0.2) is 4.98 Å². The van der Waals surface area contributed by atoms with Crippen molar-refractivity contribution in [3.8, 4) is 17.1 Å². The van der Waals surface area contributed by atoms with Crippen molar-refractivity contribution in [2.75, 3.05) is 0 Å². The fourth-order valence-electron chi connectivity index (χ4n) is 3.02. The van der Waals surface area contributed by atoms with E-state index in [1.807, 2.05) is 38.1 Å². The first-order chi connectivity index (χ1) is 15.0. The largest absolute Gasteiger partial charge is 0.349 e. The summed E-state index contributed by atoms with van der Waals surface area (Å²) in [6, 6.07) is 12.1. The number of hydrogen-bond donors (Lipinski definition) is 1. The summed E-state index contributed by atoms with van der Waals surface area (Å²) in [5, 5.41) is 15.2. The van der Waals surface area contributed by atoms with Crippen LogP contribution in [0.3, 0.4) is 0 Å². The molecular formula is C22H22N6OS2. The van der Waals surface area contributed by atoms with Crippen LogP contribution in [0.4, 0.5) is 0 Å². The lowest BCUT2D eigenvalue weighted by molar-refractivity contribution is 0.0938. The number of nitrogens with one attached hydrogen (secondary N) is 1. The predicted molar refractivity (Wildman–Crippen MR) is 124 cm³/mol. The Balaban J connectivity index is 1.62. The highest BCUT2D eigenvalue weighted by Crippen LogP contribution is 2.31. The molecule has 0 aliphatic heterocycles. The van der Waals surface area contributed by atoms with E-state index in [1.165, 1.54) is 11.3 Å². The second kappa shape index (κ2) is 9.40. The van der Waals surface area contributed by atoms with Crippen LogP contribution in [0.5, 0.6) is 0 Å². The Morgan fingerprint density at radius 1 is 1.19 bits per heavy atom. The second-order valence-electron chi connectivity index (χ2n) is 7.21. The molecule has 0 aliphatic rings. The molecule has 0 atom stereocenters. The molecule has 4 aromatic rings. The van der Waals surface area contributed by atoms with Crippen molar-refractivity contribution in [3.63, 3.8) is 0 Å². The van der Waals surface area contributed by atoms with Crippen LogP contribution < -0.4 is 5.32 Å². The van der Waals surface area contributed by atoms with Crippen molar-refractivity contribution in [3.05, 3.63) is 70.4 Å². The van der Waals surface area contributed by atoms with Crippen LogP contribution >= 0.6 is 23.1 Å². The van der Waals surface area contributed by atoms with E-state index >= 15 is 0 Å². The number of aryl methyl sites for hydroxylation is 1. The number of hydrogen-bond acceptors (Lipinski definition) is 7. The Bertz CT molecular complexity index is 1190. The maximum absolute atomic E-state index is 12.2. The summed E-state index contributed by atoms with van der Waals surface area (Å²) in [6.45, 7) is 5.93. The molecule has 0 unspecified atom stereocenters. The van der Waals surface area contributed by atoms with Crippen LogP contribution in [0.1, 0.15) is 34.9 Å². The minimum atomic E-state index is -0.149. The van der Waals surface area contributed by atoms with Gasteiger partial charge in [-0.1, -0.05) is 30.0 Å². The lowest BCUT2D eigenvalue weighted by Crippen LogP contribution is -2.30. The molecule has 1 N–H and O–H groups in total. The number of pyridine rings is 1. The van der Waals surface area contributed by atoms with E-state index in [9.17, 15) is 4.79 Å². The zero-order valence-electron chi connectivity index (χ0n) is 17.4. The molecule has 1 aromatic carbocycles. The maximum atomic E-state index is 12.2. The molecule has 9 heteroatoms. The van der Waals surface area contributed by atoms with Crippen LogP contribution in [0.25, 0.3) is 17.1 Å². The van der Waals surface area contributed by atoms with Crippen molar-refractivity contribution < 1.29 is 4.79 Å². The molecule has 4 rings (SSSR count). The van der Waals surface area contributed by atoms with Gasteiger partial charge in [-0.15, -0.1) is 21.5 Å². The number of thiazole rings is 1. The monoisotopic (exact) mass is 450 g/mol. The third kappa shape index (κ3) is 4.83. The lowest BCUT2D eigenvalue weighted by atomic mass is 10.2. The summed E-state index contributed by atoms with van der Waals surface area (Å²) in [5.41, 5.74) is 3.49. The van der Waals surface area contributed by atoms with Gasteiger partial charge in [0.15, 0.2) is 11.0 Å². The van der Waals surface area contributed by atoms with Crippen LogP contribution in [-0.4, -0.2) is 36.7 Å². The Kier molecular flexibility index (Phi) is 6.43. The fourth-order valence-corrected chi connectivity index (χ4v) is 4.76. The number of benzene rings is 1. The minimum absolute atomic E-state index is 0.0746. The minimum Gasteiger partial charge on any atom is -0.349 e. The van der Waals surface area contributed by atoms with Crippen molar-refractivity contribution >= 4 is 29.0 Å². The SMILES string of the molecule is Cc1ccccc1-n1c(SCc2nc(C(=O)NC(C)C)cs2)nnc1-c1cccnc1. The first kappa shape index (κ1) is 21.2. The first-order valence-corrected chi connectivity index (χ1v) is 11.7. The molecule has 0 saturated heterocycles. The van der Waals surface area contributed by atoms with Gasteiger partial charge in [-0.2, -0.15) is 0 Å². The number of amides is 1. The number of carbonyl (C=O) groups is 1. The smallest absolute Gasteiger partial charge is 0.270 e. The summed E-state index contributed by atoms with van der Waals surface area (Å²) < 4.78 is 2.05. The van der Waals surface area contributed by atoms with Crippen LogP contribution in [0.15, 0.2) is 59.3 Å². The first-order valence-electron chi connectivity index (χ1n) is 9.83. The van der Waals surface area contributed by atoms with Gasteiger partial charge in [0.1, 0.15) is 10.7 Å². The fraction of sp³-hybridized carbons (Fsp3) is 0.227. The third-order valence-electron chi connectivity index (χ3n) is 4.44. The maximum Gasteiger partial charge on any atom is 0.270 e. The molecular weight excluding hydrogens is 428 g/mol. The highest BCUT2D eigenvalue weighted by Gasteiger charge is 2.19. The summed E-state index contributed by atoms with van der Waals surface area (Å²) in [4.78, 5) is 20.9. The van der Waals surface area contributed by atoms with Gasteiger partial charge in [0.2, 0.25) is 0 Å². The second-order valence-corrected chi connectivity index (χ2v) is 9.10. The Labute approximate surface area is 189 Å². The highest BCUT2D eigenvalue weighted by atomic mass is 32.2. The highest BCUT2D eigenvalue weighted by molar-refractivity contribution is 7.98. The summed E-state index contributed by atoms with van der Waals surface area (Å²) >= 11 is 3.02. The summed E-state index contributed by atoms with van der Waals surface area (Å²) in [6.07, 6.45) is 3.52. The average molecular weight is 451 g/mol. The van der Waals surface area contributed by atoms with Crippen molar-refractivity contribution in [2.45, 2.75) is 37.7 Å². The van der Waals surface area contributed by atoms with Gasteiger partial charge in [-0.3, -0.25) is 14.3 Å². The molecule has 0 bridgehead atoms. The van der Waals surface area contributed by atoms with E-state index in [-0.39, 0.29) is 11.9 Å². The van der Waals surface area contributed by atoms with Gasteiger partial charge in [-0.05, 0) is 44.5 Å². The Morgan fingerprint density at radius 3 is 2.77 bits per heavy atom. The van der Waals surface area contributed by atoms with E-state index in [0.29, 0.717) is 11.4 Å². The molecule has 0 radical (unpaired) electrons. The van der Waals surface area contributed by atoms with Gasteiger partial charge in [0, 0.05) is 29.4 Å². The van der Waals surface area contributed by atoms with E-state index in [4.69, 9.17) is 0 Å². The standard InChI is InChI=1S/C22H22N6OS2/c1-14(2)24-21(29)17-12-30-19(25-17)13-31-22-27-26-20(16-8-6-10-23-11-16)28(22)18-9-5-4-7-15(18)3/h4-12,14H,13H2,1-3H3,(H,24,29). The zero-order valence-corrected chi connectivity index (χ0v) is 19.1. The number of rotatable bonds is 7. The quantitative estimate of drug-likeness (QED) is 0.417. The van der Waals surface area contributed by atoms with Crippen molar-refractivity contribution in [1.29, 1.82) is 0 Å². The molecule has 0 saturated carbocycles. The van der Waals surface area contributed by atoms with Gasteiger partial charge >= 0.3 is 0 Å².